The average Bonchev–Trinajstić information content (AvgIpc) is 3.58. The third-order valence-electron chi connectivity index (χ3n) is 7.41. The SMILES string of the molecule is CCC(Br)=C(OC(=O)C12C(=O)Oc3ccccc3C1C2(CC)C(=O)c1ccccc1)c1ccccc1. The number of ketones is 1. The Balaban J connectivity index is 1.67. The van der Waals surface area contributed by atoms with E-state index in [9.17, 15) is 14.4 Å². The average molecular weight is 545 g/mol. The number of esters is 2. The molecular formula is C30H25BrO5. The van der Waals surface area contributed by atoms with Crippen LogP contribution in [0.25, 0.3) is 5.76 Å². The first-order chi connectivity index (χ1) is 17.4. The molecule has 3 aromatic rings. The molecule has 0 bridgehead atoms. The highest BCUT2D eigenvalue weighted by Crippen LogP contribution is 2.80. The number of rotatable bonds is 7. The number of carbonyl (C=O) groups excluding carboxylic acids is 3. The van der Waals surface area contributed by atoms with Gasteiger partial charge in [-0.25, -0.2) is 0 Å². The normalized spacial score (nSPS) is 24.5. The number of Topliss-reactive ketones (excluding diaryl/α,β-unsaturated/α-hetero) is 1. The Morgan fingerprint density at radius 3 is 2.08 bits per heavy atom. The smallest absolute Gasteiger partial charge is 0.330 e. The molecule has 0 radical (unpaired) electrons. The number of fused-ring (bicyclic) bond motifs is 3. The summed E-state index contributed by atoms with van der Waals surface area (Å²) in [5.74, 6) is -1.77. The van der Waals surface area contributed by atoms with E-state index >= 15 is 0 Å². The van der Waals surface area contributed by atoms with Crippen LogP contribution < -0.4 is 4.74 Å². The molecule has 182 valence electrons. The zero-order chi connectivity index (χ0) is 25.5. The Morgan fingerprint density at radius 2 is 1.47 bits per heavy atom. The lowest BCUT2D eigenvalue weighted by atomic mass is 9.83. The third-order valence-corrected chi connectivity index (χ3v) is 8.33. The molecule has 0 N–H and O–H groups in total. The monoisotopic (exact) mass is 544 g/mol. The van der Waals surface area contributed by atoms with Gasteiger partial charge in [-0.05, 0) is 18.9 Å². The van der Waals surface area contributed by atoms with E-state index in [-0.39, 0.29) is 12.2 Å². The molecule has 1 aliphatic heterocycles. The molecule has 5 nitrogen and oxygen atoms in total. The fourth-order valence-corrected chi connectivity index (χ4v) is 6.01. The van der Waals surface area contributed by atoms with E-state index in [1.54, 1.807) is 36.4 Å². The highest BCUT2D eigenvalue weighted by molar-refractivity contribution is 9.11. The van der Waals surface area contributed by atoms with Crippen molar-refractivity contribution in [2.24, 2.45) is 10.8 Å². The summed E-state index contributed by atoms with van der Waals surface area (Å²) < 4.78 is 12.4. The Bertz CT molecular complexity index is 1380. The number of benzene rings is 3. The maximum atomic E-state index is 14.2. The predicted molar refractivity (Wildman–Crippen MR) is 139 cm³/mol. The summed E-state index contributed by atoms with van der Waals surface area (Å²) >= 11 is 3.54. The van der Waals surface area contributed by atoms with Crippen molar-refractivity contribution >= 4 is 39.4 Å². The fraction of sp³-hybridized carbons (Fsp3) is 0.233. The van der Waals surface area contributed by atoms with Gasteiger partial charge in [0.1, 0.15) is 11.5 Å². The van der Waals surface area contributed by atoms with Crippen molar-refractivity contribution in [3.05, 3.63) is 106 Å². The van der Waals surface area contributed by atoms with Crippen molar-refractivity contribution in [1.82, 2.24) is 0 Å². The largest absolute Gasteiger partial charge is 0.425 e. The minimum atomic E-state index is -1.79. The topological polar surface area (TPSA) is 69.7 Å². The lowest BCUT2D eigenvalue weighted by molar-refractivity contribution is -0.158. The fourth-order valence-electron chi connectivity index (χ4n) is 5.70. The number of hydrogen-bond acceptors (Lipinski definition) is 5. The molecule has 1 aliphatic carbocycles. The van der Waals surface area contributed by atoms with E-state index < -0.39 is 28.7 Å². The van der Waals surface area contributed by atoms with Crippen molar-refractivity contribution in [3.63, 3.8) is 0 Å². The molecule has 2 aliphatic rings. The zero-order valence-corrected chi connectivity index (χ0v) is 21.6. The van der Waals surface area contributed by atoms with Crippen molar-refractivity contribution in [3.8, 4) is 5.75 Å². The Hall–Kier alpha value is -3.51. The van der Waals surface area contributed by atoms with Gasteiger partial charge in [0.15, 0.2) is 11.2 Å². The number of allylic oxidation sites excluding steroid dienone is 1. The first kappa shape index (κ1) is 24.2. The van der Waals surface area contributed by atoms with Crippen LogP contribution in [0.1, 0.15) is 54.1 Å². The van der Waals surface area contributed by atoms with E-state index in [4.69, 9.17) is 9.47 Å². The minimum Gasteiger partial charge on any atom is -0.425 e. The maximum Gasteiger partial charge on any atom is 0.330 e. The zero-order valence-electron chi connectivity index (χ0n) is 20.0. The van der Waals surface area contributed by atoms with Gasteiger partial charge in [0.25, 0.3) is 0 Å². The van der Waals surface area contributed by atoms with Crippen LogP contribution in [0, 0.1) is 10.8 Å². The second-order valence-corrected chi connectivity index (χ2v) is 9.99. The summed E-state index contributed by atoms with van der Waals surface area (Å²) in [7, 11) is 0. The van der Waals surface area contributed by atoms with Crippen LogP contribution in [-0.2, 0) is 14.3 Å². The Morgan fingerprint density at radius 1 is 0.889 bits per heavy atom. The van der Waals surface area contributed by atoms with Crippen LogP contribution in [-0.4, -0.2) is 17.7 Å². The number of para-hydroxylation sites is 1. The second kappa shape index (κ2) is 9.17. The lowest BCUT2D eigenvalue weighted by Gasteiger charge is -2.24. The van der Waals surface area contributed by atoms with E-state index in [1.165, 1.54) is 0 Å². The number of carbonyl (C=O) groups is 3. The highest BCUT2D eigenvalue weighted by atomic mass is 79.9. The van der Waals surface area contributed by atoms with Crippen LogP contribution in [0.2, 0.25) is 0 Å². The molecule has 0 spiro atoms. The van der Waals surface area contributed by atoms with Crippen molar-refractivity contribution in [2.45, 2.75) is 32.6 Å². The quantitative estimate of drug-likeness (QED) is 0.109. The van der Waals surface area contributed by atoms with E-state index in [0.29, 0.717) is 39.1 Å². The van der Waals surface area contributed by atoms with E-state index in [1.807, 2.05) is 62.4 Å². The van der Waals surface area contributed by atoms with Crippen LogP contribution in [0.3, 0.4) is 0 Å². The van der Waals surface area contributed by atoms with Gasteiger partial charge in [0.05, 0.1) is 5.41 Å². The summed E-state index contributed by atoms with van der Waals surface area (Å²) in [5.41, 5.74) is -1.31. The van der Waals surface area contributed by atoms with Gasteiger partial charge in [-0.15, -0.1) is 0 Å². The van der Waals surface area contributed by atoms with Gasteiger partial charge in [-0.3, -0.25) is 14.4 Å². The Labute approximate surface area is 218 Å². The molecule has 1 fully saturated rings. The van der Waals surface area contributed by atoms with Crippen molar-refractivity contribution < 1.29 is 23.9 Å². The van der Waals surface area contributed by atoms with Crippen molar-refractivity contribution in [2.75, 3.05) is 0 Å². The molecule has 36 heavy (non-hydrogen) atoms. The molecule has 3 unspecified atom stereocenters. The molecule has 0 aromatic heterocycles. The molecular weight excluding hydrogens is 520 g/mol. The Kier molecular flexibility index (Phi) is 6.17. The standard InChI is InChI=1S/C30H25BrO5/c1-3-22(31)24(19-13-7-5-8-14-19)36-28(34)30-25(21-17-11-12-18-23(21)35-27(30)33)29(30,4-2)26(32)20-15-9-6-10-16-20/h5-18,25H,3-4H2,1-2H3. The van der Waals surface area contributed by atoms with Gasteiger partial charge < -0.3 is 9.47 Å². The maximum absolute atomic E-state index is 14.2. The summed E-state index contributed by atoms with van der Waals surface area (Å²) in [6, 6.07) is 25.1. The summed E-state index contributed by atoms with van der Waals surface area (Å²) in [6.07, 6.45) is 0.840. The van der Waals surface area contributed by atoms with Gasteiger partial charge in [0, 0.05) is 27.1 Å². The van der Waals surface area contributed by atoms with Crippen molar-refractivity contribution in [1.29, 1.82) is 0 Å². The van der Waals surface area contributed by atoms with Gasteiger partial charge in [-0.2, -0.15) is 0 Å². The summed E-state index contributed by atoms with van der Waals surface area (Å²) in [4.78, 5) is 42.0. The number of halogens is 1. The summed E-state index contributed by atoms with van der Waals surface area (Å²) in [6.45, 7) is 3.76. The predicted octanol–water partition coefficient (Wildman–Crippen LogP) is 6.69. The number of hydrogen-bond donors (Lipinski definition) is 0. The van der Waals surface area contributed by atoms with Gasteiger partial charge in [-0.1, -0.05) is 109 Å². The molecule has 0 amide bonds. The highest BCUT2D eigenvalue weighted by Gasteiger charge is 2.90. The molecule has 1 saturated carbocycles. The third kappa shape index (κ3) is 3.31. The van der Waals surface area contributed by atoms with E-state index in [0.717, 1.165) is 0 Å². The molecule has 6 heteroatoms. The van der Waals surface area contributed by atoms with Crippen LogP contribution in [0.4, 0.5) is 0 Å². The van der Waals surface area contributed by atoms with Crippen LogP contribution >= 0.6 is 15.9 Å². The van der Waals surface area contributed by atoms with Crippen LogP contribution in [0.15, 0.2) is 89.4 Å². The second-order valence-electron chi connectivity index (χ2n) is 9.03. The first-order valence-electron chi connectivity index (χ1n) is 12.0. The molecule has 1 heterocycles. The minimum absolute atomic E-state index is 0.263. The van der Waals surface area contributed by atoms with Gasteiger partial charge >= 0.3 is 11.9 Å². The number of ether oxygens (including phenoxy) is 2. The van der Waals surface area contributed by atoms with Gasteiger partial charge in [0.2, 0.25) is 0 Å². The summed E-state index contributed by atoms with van der Waals surface area (Å²) in [5, 5.41) is 0. The molecule has 5 rings (SSSR count). The molecule has 3 aromatic carbocycles. The lowest BCUT2D eigenvalue weighted by Crippen LogP contribution is -2.40. The van der Waals surface area contributed by atoms with Crippen LogP contribution in [0.5, 0.6) is 5.75 Å². The molecule has 0 saturated heterocycles. The molecule has 3 atom stereocenters. The van der Waals surface area contributed by atoms with E-state index in [2.05, 4.69) is 15.9 Å². The first-order valence-corrected chi connectivity index (χ1v) is 12.8.